The molecule has 122 valence electrons. The molecule has 0 heterocycles. The Bertz CT molecular complexity index is 758. The van der Waals surface area contributed by atoms with E-state index in [9.17, 15) is 13.2 Å². The van der Waals surface area contributed by atoms with E-state index in [1.165, 1.54) is 24.3 Å². The van der Waals surface area contributed by atoms with Crippen LogP contribution in [-0.4, -0.2) is 26.6 Å². The second kappa shape index (κ2) is 7.62. The Hall–Kier alpha value is -1.85. The van der Waals surface area contributed by atoms with Crippen molar-refractivity contribution >= 4 is 33.0 Å². The maximum atomic E-state index is 12.3. The van der Waals surface area contributed by atoms with Crippen LogP contribution in [0.5, 0.6) is 0 Å². The first-order valence-corrected chi connectivity index (χ1v) is 9.31. The van der Waals surface area contributed by atoms with Crippen molar-refractivity contribution in [2.24, 2.45) is 0 Å². The fourth-order valence-corrected chi connectivity index (χ4v) is 3.58. The van der Waals surface area contributed by atoms with Crippen LogP contribution < -0.4 is 4.90 Å². The standard InChI is InChI=1S/C17H18ClNO3S/c1-2-19(15-6-4-3-5-7-15)17(20)12-13-23(21,22)16-10-8-14(18)9-11-16/h3-11H,2,12-13H2,1H3. The lowest BCUT2D eigenvalue weighted by atomic mass is 10.2. The maximum absolute atomic E-state index is 12.3. The zero-order valence-corrected chi connectivity index (χ0v) is 14.3. The summed E-state index contributed by atoms with van der Waals surface area (Å²) in [5.74, 6) is -0.437. The monoisotopic (exact) mass is 351 g/mol. The molecule has 0 radical (unpaired) electrons. The number of nitrogens with zero attached hydrogens (tertiary/aromatic N) is 1. The van der Waals surface area contributed by atoms with Gasteiger partial charge in [-0.2, -0.15) is 0 Å². The largest absolute Gasteiger partial charge is 0.313 e. The highest BCUT2D eigenvalue weighted by molar-refractivity contribution is 7.91. The van der Waals surface area contributed by atoms with Crippen LogP contribution in [0.1, 0.15) is 13.3 Å². The van der Waals surface area contributed by atoms with Gasteiger partial charge in [-0.15, -0.1) is 0 Å². The number of carbonyl (C=O) groups is 1. The molecular formula is C17H18ClNO3S. The van der Waals surface area contributed by atoms with Gasteiger partial charge in [0.15, 0.2) is 9.84 Å². The summed E-state index contributed by atoms with van der Waals surface area (Å²) in [7, 11) is -3.50. The fourth-order valence-electron chi connectivity index (χ4n) is 2.23. The van der Waals surface area contributed by atoms with Gasteiger partial charge in [-0.05, 0) is 43.3 Å². The van der Waals surface area contributed by atoms with Crippen molar-refractivity contribution in [3.63, 3.8) is 0 Å². The number of hydrogen-bond acceptors (Lipinski definition) is 3. The summed E-state index contributed by atoms with van der Waals surface area (Å²) in [4.78, 5) is 14.1. The minimum absolute atomic E-state index is 0.0618. The zero-order valence-electron chi connectivity index (χ0n) is 12.8. The molecule has 2 aromatic carbocycles. The Labute approximate surface area is 141 Å². The van der Waals surface area contributed by atoms with Gasteiger partial charge in [-0.1, -0.05) is 29.8 Å². The van der Waals surface area contributed by atoms with Crippen LogP contribution in [0.2, 0.25) is 5.02 Å². The van der Waals surface area contributed by atoms with Crippen molar-refractivity contribution in [1.29, 1.82) is 0 Å². The quantitative estimate of drug-likeness (QED) is 0.799. The van der Waals surface area contributed by atoms with Gasteiger partial charge >= 0.3 is 0 Å². The minimum atomic E-state index is -3.50. The molecule has 2 aromatic rings. The van der Waals surface area contributed by atoms with E-state index in [4.69, 9.17) is 11.6 Å². The molecule has 0 saturated carbocycles. The van der Waals surface area contributed by atoms with Crippen molar-refractivity contribution in [2.75, 3.05) is 17.2 Å². The molecule has 0 atom stereocenters. The van der Waals surface area contributed by atoms with E-state index in [0.29, 0.717) is 11.6 Å². The lowest BCUT2D eigenvalue weighted by molar-refractivity contribution is -0.118. The van der Waals surface area contributed by atoms with E-state index in [1.807, 2.05) is 37.3 Å². The maximum Gasteiger partial charge on any atom is 0.228 e. The van der Waals surface area contributed by atoms with Gasteiger partial charge in [-0.3, -0.25) is 4.79 Å². The molecule has 0 aromatic heterocycles. The Morgan fingerprint density at radius 2 is 1.65 bits per heavy atom. The highest BCUT2D eigenvalue weighted by Crippen LogP contribution is 2.18. The molecule has 23 heavy (non-hydrogen) atoms. The second-order valence-electron chi connectivity index (χ2n) is 5.00. The summed E-state index contributed by atoms with van der Waals surface area (Å²) in [5.41, 5.74) is 0.767. The lowest BCUT2D eigenvalue weighted by Crippen LogP contribution is -2.31. The molecule has 0 unspecified atom stereocenters. The van der Waals surface area contributed by atoms with Gasteiger partial charge in [-0.25, -0.2) is 8.42 Å². The molecule has 0 spiro atoms. The van der Waals surface area contributed by atoms with Crippen LogP contribution >= 0.6 is 11.6 Å². The first-order chi connectivity index (χ1) is 10.9. The number of halogens is 1. The summed E-state index contributed by atoms with van der Waals surface area (Å²) in [6.45, 7) is 2.35. The SMILES string of the molecule is CCN(C(=O)CCS(=O)(=O)c1ccc(Cl)cc1)c1ccccc1. The van der Waals surface area contributed by atoms with Gasteiger partial charge in [0.05, 0.1) is 10.6 Å². The molecule has 0 aliphatic rings. The van der Waals surface area contributed by atoms with E-state index >= 15 is 0 Å². The Morgan fingerprint density at radius 3 is 2.22 bits per heavy atom. The molecule has 0 N–H and O–H groups in total. The predicted octanol–water partition coefficient (Wildman–Crippen LogP) is 3.56. The zero-order chi connectivity index (χ0) is 16.9. The van der Waals surface area contributed by atoms with Crippen molar-refractivity contribution < 1.29 is 13.2 Å². The number of carbonyl (C=O) groups excluding carboxylic acids is 1. The molecule has 1 amide bonds. The number of para-hydroxylation sites is 1. The first-order valence-electron chi connectivity index (χ1n) is 7.28. The number of anilines is 1. The molecule has 0 saturated heterocycles. The van der Waals surface area contributed by atoms with E-state index in [2.05, 4.69) is 0 Å². The van der Waals surface area contributed by atoms with Gasteiger partial charge < -0.3 is 4.90 Å². The van der Waals surface area contributed by atoms with Crippen molar-refractivity contribution in [3.8, 4) is 0 Å². The highest BCUT2D eigenvalue weighted by atomic mass is 35.5. The molecule has 4 nitrogen and oxygen atoms in total. The van der Waals surface area contributed by atoms with Crippen molar-refractivity contribution in [3.05, 3.63) is 59.6 Å². The van der Waals surface area contributed by atoms with E-state index < -0.39 is 9.84 Å². The first kappa shape index (κ1) is 17.5. The Balaban J connectivity index is 2.07. The topological polar surface area (TPSA) is 54.5 Å². The van der Waals surface area contributed by atoms with Crippen LogP contribution in [0.15, 0.2) is 59.5 Å². The summed E-state index contributed by atoms with van der Waals surface area (Å²) in [5, 5.41) is 0.473. The van der Waals surface area contributed by atoms with E-state index in [0.717, 1.165) is 5.69 Å². The number of amides is 1. The molecule has 0 aliphatic heterocycles. The predicted molar refractivity (Wildman–Crippen MR) is 92.6 cm³/mol. The molecule has 6 heteroatoms. The smallest absolute Gasteiger partial charge is 0.228 e. The van der Waals surface area contributed by atoms with Crippen LogP contribution in [0.3, 0.4) is 0 Å². The summed E-state index contributed by atoms with van der Waals surface area (Å²) in [6, 6.07) is 15.2. The number of rotatable bonds is 6. The van der Waals surface area contributed by atoms with Gasteiger partial charge in [0.2, 0.25) is 5.91 Å². The molecular weight excluding hydrogens is 334 g/mol. The minimum Gasteiger partial charge on any atom is -0.313 e. The van der Waals surface area contributed by atoms with Crippen molar-refractivity contribution in [2.45, 2.75) is 18.2 Å². The third-order valence-corrected chi connectivity index (χ3v) is 5.43. The number of hydrogen-bond donors (Lipinski definition) is 0. The second-order valence-corrected chi connectivity index (χ2v) is 7.54. The van der Waals surface area contributed by atoms with Crippen molar-refractivity contribution in [1.82, 2.24) is 0 Å². The van der Waals surface area contributed by atoms with Crippen LogP contribution in [-0.2, 0) is 14.6 Å². The normalized spacial score (nSPS) is 11.2. The fraction of sp³-hybridized carbons (Fsp3) is 0.235. The number of benzene rings is 2. The third-order valence-electron chi connectivity index (χ3n) is 3.44. The Morgan fingerprint density at radius 1 is 1.04 bits per heavy atom. The summed E-state index contributed by atoms with van der Waals surface area (Å²) < 4.78 is 24.6. The summed E-state index contributed by atoms with van der Waals surface area (Å²) in [6.07, 6.45) is -0.0618. The van der Waals surface area contributed by atoms with Gasteiger partial charge in [0.25, 0.3) is 0 Å². The van der Waals surface area contributed by atoms with E-state index in [-0.39, 0.29) is 23.0 Å². The Kier molecular flexibility index (Phi) is 5.80. The molecule has 0 fully saturated rings. The van der Waals surface area contributed by atoms with Gasteiger partial charge in [0.1, 0.15) is 0 Å². The third kappa shape index (κ3) is 4.56. The van der Waals surface area contributed by atoms with E-state index in [1.54, 1.807) is 4.90 Å². The average molecular weight is 352 g/mol. The molecule has 0 aliphatic carbocycles. The molecule has 2 rings (SSSR count). The molecule has 0 bridgehead atoms. The highest BCUT2D eigenvalue weighted by Gasteiger charge is 2.20. The summed E-state index contributed by atoms with van der Waals surface area (Å²) >= 11 is 5.76. The van der Waals surface area contributed by atoms with Crippen LogP contribution in [0.4, 0.5) is 5.69 Å². The average Bonchev–Trinajstić information content (AvgIpc) is 2.55. The van der Waals surface area contributed by atoms with Gasteiger partial charge in [0, 0.05) is 23.7 Å². The van der Waals surface area contributed by atoms with Crippen LogP contribution in [0, 0.1) is 0 Å². The number of sulfone groups is 1. The van der Waals surface area contributed by atoms with Crippen LogP contribution in [0.25, 0.3) is 0 Å². The lowest BCUT2D eigenvalue weighted by Gasteiger charge is -2.21.